The molecule has 1 heteroatoms. The summed E-state index contributed by atoms with van der Waals surface area (Å²) in [5.41, 5.74) is 3.25. The van der Waals surface area contributed by atoms with Crippen molar-refractivity contribution >= 4 is 0 Å². The summed E-state index contributed by atoms with van der Waals surface area (Å²) < 4.78 is 0. The summed E-state index contributed by atoms with van der Waals surface area (Å²) in [6.07, 6.45) is 5.42. The fraction of sp³-hybridized carbons (Fsp3) is 0.684. The Labute approximate surface area is 125 Å². The molecule has 0 amide bonds. The summed E-state index contributed by atoms with van der Waals surface area (Å²) in [4.78, 5) is 0. The number of hydrogen-bond acceptors (Lipinski definition) is 1. The Kier molecular flexibility index (Phi) is 4.90. The molecular formula is C19H31N. The van der Waals surface area contributed by atoms with Gasteiger partial charge in [0.25, 0.3) is 0 Å². The van der Waals surface area contributed by atoms with E-state index in [-0.39, 0.29) is 0 Å². The monoisotopic (exact) mass is 273 g/mol. The molecule has 112 valence electrons. The lowest BCUT2D eigenvalue weighted by Crippen LogP contribution is -2.37. The SMILES string of the molecule is Cc1cccc([C@@H](C)NC2CCC(C(C)(C)C)CC2)c1. The Morgan fingerprint density at radius 1 is 1.10 bits per heavy atom. The van der Waals surface area contributed by atoms with Gasteiger partial charge in [0, 0.05) is 12.1 Å². The van der Waals surface area contributed by atoms with E-state index in [1.165, 1.54) is 36.8 Å². The molecule has 0 heterocycles. The van der Waals surface area contributed by atoms with Gasteiger partial charge in [0.2, 0.25) is 0 Å². The second-order valence-corrected chi connectivity index (χ2v) is 7.72. The van der Waals surface area contributed by atoms with E-state index in [1.807, 2.05) is 0 Å². The topological polar surface area (TPSA) is 12.0 Å². The molecule has 0 spiro atoms. The highest BCUT2D eigenvalue weighted by atomic mass is 14.9. The second kappa shape index (κ2) is 6.30. The van der Waals surface area contributed by atoms with Gasteiger partial charge in [-0.15, -0.1) is 0 Å². The zero-order valence-electron chi connectivity index (χ0n) is 13.9. The summed E-state index contributed by atoms with van der Waals surface area (Å²) in [6.45, 7) is 11.6. The normalized spacial score (nSPS) is 25.4. The molecule has 0 unspecified atom stereocenters. The molecular weight excluding hydrogens is 242 g/mol. The maximum atomic E-state index is 3.83. The van der Waals surface area contributed by atoms with Crippen molar-refractivity contribution in [3.63, 3.8) is 0 Å². The van der Waals surface area contributed by atoms with E-state index in [1.54, 1.807) is 0 Å². The van der Waals surface area contributed by atoms with Crippen LogP contribution in [0.3, 0.4) is 0 Å². The van der Waals surface area contributed by atoms with Crippen molar-refractivity contribution in [2.24, 2.45) is 11.3 Å². The van der Waals surface area contributed by atoms with Gasteiger partial charge in [-0.1, -0.05) is 50.6 Å². The van der Waals surface area contributed by atoms with Crippen molar-refractivity contribution in [2.45, 2.75) is 72.4 Å². The third-order valence-electron chi connectivity index (χ3n) is 4.98. The molecule has 1 aromatic carbocycles. The fourth-order valence-corrected chi connectivity index (χ4v) is 3.52. The fourth-order valence-electron chi connectivity index (χ4n) is 3.52. The van der Waals surface area contributed by atoms with Gasteiger partial charge in [0.05, 0.1) is 0 Å². The first kappa shape index (κ1) is 15.6. The first-order valence-corrected chi connectivity index (χ1v) is 8.19. The molecule has 0 aliphatic heterocycles. The van der Waals surface area contributed by atoms with Crippen molar-refractivity contribution in [1.82, 2.24) is 5.32 Å². The zero-order valence-corrected chi connectivity index (χ0v) is 13.9. The van der Waals surface area contributed by atoms with Gasteiger partial charge in [-0.2, -0.15) is 0 Å². The first-order chi connectivity index (χ1) is 9.36. The number of nitrogens with one attached hydrogen (secondary N) is 1. The molecule has 2 rings (SSSR count). The van der Waals surface area contributed by atoms with E-state index in [0.29, 0.717) is 17.5 Å². The molecule has 20 heavy (non-hydrogen) atoms. The first-order valence-electron chi connectivity index (χ1n) is 8.19. The Morgan fingerprint density at radius 3 is 2.30 bits per heavy atom. The lowest BCUT2D eigenvalue weighted by atomic mass is 9.71. The molecule has 0 aromatic heterocycles. The maximum absolute atomic E-state index is 3.83. The van der Waals surface area contributed by atoms with E-state index in [0.717, 1.165) is 5.92 Å². The summed E-state index contributed by atoms with van der Waals surface area (Å²) in [5, 5.41) is 3.83. The average molecular weight is 273 g/mol. The third kappa shape index (κ3) is 4.09. The largest absolute Gasteiger partial charge is 0.307 e. The van der Waals surface area contributed by atoms with Gasteiger partial charge in [0.15, 0.2) is 0 Å². The minimum Gasteiger partial charge on any atom is -0.307 e. The van der Waals surface area contributed by atoms with Gasteiger partial charge in [-0.25, -0.2) is 0 Å². The highest BCUT2D eigenvalue weighted by Crippen LogP contribution is 2.38. The number of hydrogen-bond donors (Lipinski definition) is 1. The Hall–Kier alpha value is -0.820. The molecule has 1 saturated carbocycles. The van der Waals surface area contributed by atoms with E-state index >= 15 is 0 Å². The van der Waals surface area contributed by atoms with E-state index < -0.39 is 0 Å². The van der Waals surface area contributed by atoms with Crippen LogP contribution in [-0.4, -0.2) is 6.04 Å². The maximum Gasteiger partial charge on any atom is 0.0294 e. The summed E-state index contributed by atoms with van der Waals surface area (Å²) in [6, 6.07) is 10.0. The lowest BCUT2D eigenvalue weighted by Gasteiger charge is -2.38. The van der Waals surface area contributed by atoms with Crippen molar-refractivity contribution in [3.8, 4) is 0 Å². The van der Waals surface area contributed by atoms with Crippen molar-refractivity contribution in [3.05, 3.63) is 35.4 Å². The number of benzene rings is 1. The molecule has 1 fully saturated rings. The molecule has 0 saturated heterocycles. The molecule has 1 nitrogen and oxygen atoms in total. The Balaban J connectivity index is 1.86. The van der Waals surface area contributed by atoms with Gasteiger partial charge in [-0.05, 0) is 56.4 Å². The molecule has 0 bridgehead atoms. The second-order valence-electron chi connectivity index (χ2n) is 7.72. The standard InChI is InChI=1S/C19H31N/c1-14-7-6-8-16(13-14)15(2)20-18-11-9-17(10-12-18)19(3,4)5/h6-8,13,15,17-18,20H,9-12H2,1-5H3/t15-,17?,18?/m1/s1. The van der Waals surface area contributed by atoms with Gasteiger partial charge in [0.1, 0.15) is 0 Å². The molecule has 0 radical (unpaired) electrons. The van der Waals surface area contributed by atoms with Crippen LogP contribution in [0.15, 0.2) is 24.3 Å². The van der Waals surface area contributed by atoms with Crippen molar-refractivity contribution < 1.29 is 0 Å². The van der Waals surface area contributed by atoms with Gasteiger partial charge in [-0.3, -0.25) is 0 Å². The van der Waals surface area contributed by atoms with E-state index in [9.17, 15) is 0 Å². The third-order valence-corrected chi connectivity index (χ3v) is 4.98. The van der Waals surface area contributed by atoms with Crippen LogP contribution in [0.5, 0.6) is 0 Å². The van der Waals surface area contributed by atoms with Gasteiger partial charge < -0.3 is 5.32 Å². The van der Waals surface area contributed by atoms with Crippen molar-refractivity contribution in [2.75, 3.05) is 0 Å². The van der Waals surface area contributed by atoms with Crippen LogP contribution < -0.4 is 5.32 Å². The molecule has 1 atom stereocenters. The van der Waals surface area contributed by atoms with Crippen molar-refractivity contribution in [1.29, 1.82) is 0 Å². The van der Waals surface area contributed by atoms with Gasteiger partial charge >= 0.3 is 0 Å². The predicted molar refractivity (Wildman–Crippen MR) is 87.9 cm³/mol. The minimum atomic E-state index is 0.464. The molecule has 1 aromatic rings. The van der Waals surface area contributed by atoms with E-state index in [4.69, 9.17) is 0 Å². The summed E-state index contributed by atoms with van der Waals surface area (Å²) >= 11 is 0. The lowest BCUT2D eigenvalue weighted by molar-refractivity contribution is 0.157. The molecule has 1 N–H and O–H groups in total. The predicted octanol–water partition coefficient (Wildman–Crippen LogP) is 5.25. The zero-order chi connectivity index (χ0) is 14.8. The minimum absolute atomic E-state index is 0.464. The highest BCUT2D eigenvalue weighted by molar-refractivity contribution is 5.24. The van der Waals surface area contributed by atoms with E-state index in [2.05, 4.69) is 64.2 Å². The highest BCUT2D eigenvalue weighted by Gasteiger charge is 2.29. The van der Waals surface area contributed by atoms with Crippen LogP contribution in [0.1, 0.15) is 70.5 Å². The van der Waals surface area contributed by atoms with Crippen LogP contribution in [0.25, 0.3) is 0 Å². The number of rotatable bonds is 3. The summed E-state index contributed by atoms with van der Waals surface area (Å²) in [7, 11) is 0. The summed E-state index contributed by atoms with van der Waals surface area (Å²) in [5.74, 6) is 0.898. The van der Waals surface area contributed by atoms with Crippen LogP contribution in [0.2, 0.25) is 0 Å². The molecule has 1 aliphatic rings. The van der Waals surface area contributed by atoms with Crippen LogP contribution in [-0.2, 0) is 0 Å². The average Bonchev–Trinajstić information content (AvgIpc) is 2.38. The Bertz CT molecular complexity index is 422. The quantitative estimate of drug-likeness (QED) is 0.793. The molecule has 1 aliphatic carbocycles. The van der Waals surface area contributed by atoms with Crippen LogP contribution in [0, 0.1) is 18.3 Å². The number of aryl methyl sites for hydroxylation is 1. The van der Waals surface area contributed by atoms with Crippen LogP contribution in [0.4, 0.5) is 0 Å². The van der Waals surface area contributed by atoms with Crippen LogP contribution >= 0.6 is 0 Å². The Morgan fingerprint density at radius 2 is 1.75 bits per heavy atom. The smallest absolute Gasteiger partial charge is 0.0294 e.